The molecule has 4 rings (SSSR count). The number of nitrogens with one attached hydrogen (secondary N) is 2. The van der Waals surface area contributed by atoms with E-state index in [-0.39, 0.29) is 13.2 Å². The molecule has 0 spiro atoms. The maximum absolute atomic E-state index is 12.2. The fraction of sp³-hybridized carbons (Fsp3) is 0.125. The molecule has 2 aromatic rings. The monoisotopic (exact) mass is 326 g/mol. The zero-order valence-corrected chi connectivity index (χ0v) is 12.6. The molecule has 0 saturated carbocycles. The molecule has 0 saturated heterocycles. The van der Waals surface area contributed by atoms with Crippen LogP contribution in [0.25, 0.3) is 0 Å². The number of para-hydroxylation sites is 2. The number of imide groups is 1. The van der Waals surface area contributed by atoms with Gasteiger partial charge < -0.3 is 5.21 Å². The van der Waals surface area contributed by atoms with Gasteiger partial charge >= 0.3 is 0 Å². The van der Waals surface area contributed by atoms with Crippen LogP contribution in [-0.4, -0.2) is 30.0 Å². The van der Waals surface area contributed by atoms with Gasteiger partial charge in [0.15, 0.2) is 0 Å². The summed E-state index contributed by atoms with van der Waals surface area (Å²) in [5.41, 5.74) is 4.92. The van der Waals surface area contributed by atoms with Crippen molar-refractivity contribution in [2.45, 2.75) is 0 Å². The van der Waals surface area contributed by atoms with Gasteiger partial charge in [0.25, 0.3) is 11.8 Å². The third kappa shape index (κ3) is 2.21. The Kier molecular flexibility index (Phi) is 3.42. The van der Waals surface area contributed by atoms with Gasteiger partial charge in [-0.15, -0.1) is 10.2 Å². The van der Waals surface area contributed by atoms with Crippen molar-refractivity contribution in [3.05, 3.63) is 64.9 Å². The van der Waals surface area contributed by atoms with Crippen LogP contribution in [0.3, 0.4) is 0 Å². The number of benzene rings is 2. The molecule has 0 bridgehead atoms. The first-order chi connectivity index (χ1) is 11.7. The van der Waals surface area contributed by atoms with E-state index in [1.165, 1.54) is 0 Å². The lowest BCUT2D eigenvalue weighted by molar-refractivity contribution is -0.878. The van der Waals surface area contributed by atoms with Gasteiger partial charge in [0.2, 0.25) is 0 Å². The van der Waals surface area contributed by atoms with Gasteiger partial charge in [-0.3, -0.25) is 19.6 Å². The normalized spacial score (nSPS) is 18.6. The number of hydrogen-bond donors (Lipinski definition) is 2. The number of carbonyl (C=O) groups is 2. The van der Waals surface area contributed by atoms with Crippen LogP contribution in [0.15, 0.2) is 48.5 Å². The van der Waals surface area contributed by atoms with Gasteiger partial charge in [-0.2, -0.15) is 0 Å². The Morgan fingerprint density at radius 2 is 1.62 bits per heavy atom. The number of hydrogen-bond acceptors (Lipinski definition) is 6. The molecule has 0 radical (unpaired) electrons. The molecule has 1 atom stereocenters. The highest BCUT2D eigenvalue weighted by Crippen LogP contribution is 2.25. The van der Waals surface area contributed by atoms with Gasteiger partial charge in [-0.25, -0.2) is 5.43 Å². The fourth-order valence-electron chi connectivity index (χ4n) is 2.79. The molecule has 2 aliphatic heterocycles. The van der Waals surface area contributed by atoms with E-state index >= 15 is 0 Å². The van der Waals surface area contributed by atoms with Gasteiger partial charge in [0.1, 0.15) is 24.5 Å². The molecular formula is C16H14N4O4. The standard InChI is InChI=1S/C16H13N4O4/c21-15-11-5-1-2-6-12(11)16(22)19(15)24-10-9-18-17-13-7-3-4-8-14(13)20(18)23/h1-8,17H,9-10H2/q-1/p+1. The molecule has 24 heavy (non-hydrogen) atoms. The number of hydroxylamine groups is 2. The molecule has 0 fully saturated rings. The van der Waals surface area contributed by atoms with E-state index in [9.17, 15) is 14.8 Å². The maximum Gasteiger partial charge on any atom is 0.285 e. The number of quaternary nitrogens is 1. The zero-order valence-electron chi connectivity index (χ0n) is 12.6. The summed E-state index contributed by atoms with van der Waals surface area (Å²) >= 11 is 0. The molecule has 1 unspecified atom stereocenters. The second kappa shape index (κ2) is 5.60. The smallest absolute Gasteiger partial charge is 0.285 e. The minimum Gasteiger partial charge on any atom is -0.709 e. The number of nitrogens with zero attached hydrogens (tertiary/aromatic N) is 2. The highest BCUT2D eigenvalue weighted by atomic mass is 16.7. The minimum absolute atomic E-state index is 0.0283. The number of fused-ring (bicyclic) bond motifs is 2. The first-order valence-corrected chi connectivity index (χ1v) is 7.46. The summed E-state index contributed by atoms with van der Waals surface area (Å²) in [7, 11) is 0. The Morgan fingerprint density at radius 3 is 2.29 bits per heavy atom. The summed E-state index contributed by atoms with van der Waals surface area (Å²) in [5, 5.41) is 14.1. The lowest BCUT2D eigenvalue weighted by Gasteiger charge is -2.29. The van der Waals surface area contributed by atoms with Crippen LogP contribution >= 0.6 is 0 Å². The number of amides is 2. The predicted molar refractivity (Wildman–Crippen MR) is 84.6 cm³/mol. The second-order valence-corrected chi connectivity index (χ2v) is 5.42. The lowest BCUT2D eigenvalue weighted by atomic mass is 10.1. The topological polar surface area (TPSA) is 89.4 Å². The summed E-state index contributed by atoms with van der Waals surface area (Å²) in [4.78, 5) is 29.7. The number of anilines is 2. The molecule has 0 aliphatic carbocycles. The van der Waals surface area contributed by atoms with Crippen molar-refractivity contribution in [1.82, 2.24) is 5.06 Å². The van der Waals surface area contributed by atoms with Crippen molar-refractivity contribution in [3.8, 4) is 0 Å². The van der Waals surface area contributed by atoms with Crippen LogP contribution in [0, 0.1) is 5.21 Å². The van der Waals surface area contributed by atoms with Crippen LogP contribution < -0.4 is 15.7 Å². The van der Waals surface area contributed by atoms with E-state index in [4.69, 9.17) is 4.84 Å². The van der Waals surface area contributed by atoms with Crippen LogP contribution in [0.5, 0.6) is 0 Å². The van der Waals surface area contributed by atoms with Crippen LogP contribution in [0.1, 0.15) is 20.7 Å². The quantitative estimate of drug-likeness (QED) is 0.789. The van der Waals surface area contributed by atoms with E-state index in [2.05, 4.69) is 5.43 Å². The molecule has 2 heterocycles. The molecule has 2 N–H and O–H groups in total. The van der Waals surface area contributed by atoms with Crippen molar-refractivity contribution < 1.29 is 19.5 Å². The number of rotatable bonds is 4. The van der Waals surface area contributed by atoms with E-state index in [1.807, 2.05) is 6.07 Å². The highest BCUT2D eigenvalue weighted by molar-refractivity contribution is 6.20. The lowest BCUT2D eigenvalue weighted by Crippen LogP contribution is -3.20. The van der Waals surface area contributed by atoms with Crippen molar-refractivity contribution >= 4 is 23.2 Å². The van der Waals surface area contributed by atoms with Gasteiger partial charge in [0.05, 0.1) is 11.1 Å². The Labute approximate surface area is 137 Å². The predicted octanol–water partition coefficient (Wildman–Crippen LogP) is 0.359. The molecular weight excluding hydrogens is 312 g/mol. The third-order valence-electron chi connectivity index (χ3n) is 3.96. The number of carbonyl (C=O) groups excluding carboxylic acids is 2. The first kappa shape index (κ1) is 14.6. The molecule has 0 aromatic heterocycles. The van der Waals surface area contributed by atoms with Gasteiger partial charge in [-0.05, 0) is 24.3 Å². The Balaban J connectivity index is 1.38. The van der Waals surface area contributed by atoms with E-state index < -0.39 is 11.8 Å². The average Bonchev–Trinajstić information content (AvgIpc) is 3.05. The second-order valence-electron chi connectivity index (χ2n) is 5.42. The molecule has 8 nitrogen and oxygen atoms in total. The Morgan fingerprint density at radius 1 is 1.00 bits per heavy atom. The molecule has 2 aromatic carbocycles. The molecule has 8 heteroatoms. The summed E-state index contributed by atoms with van der Waals surface area (Å²) < 4.78 is 0. The highest BCUT2D eigenvalue weighted by Gasteiger charge is 2.37. The first-order valence-electron chi connectivity index (χ1n) is 7.46. The summed E-state index contributed by atoms with van der Waals surface area (Å²) in [6.45, 7) is 0.270. The van der Waals surface area contributed by atoms with Crippen LogP contribution in [0.2, 0.25) is 0 Å². The largest absolute Gasteiger partial charge is 0.709 e. The molecule has 2 amide bonds. The van der Waals surface area contributed by atoms with E-state index in [1.54, 1.807) is 42.5 Å². The summed E-state index contributed by atoms with van der Waals surface area (Å²) in [5.74, 6) is -0.968. The van der Waals surface area contributed by atoms with Crippen LogP contribution in [-0.2, 0) is 4.84 Å². The molecule has 122 valence electrons. The maximum atomic E-state index is 12.2. The SMILES string of the molecule is O=C1c2ccccc2C(=O)N1OCC[NH+]1Nc2ccccc2N1[O-]. The third-order valence-corrected chi connectivity index (χ3v) is 3.96. The van der Waals surface area contributed by atoms with Crippen molar-refractivity contribution in [1.29, 1.82) is 0 Å². The minimum atomic E-state index is -0.484. The average molecular weight is 326 g/mol. The van der Waals surface area contributed by atoms with Gasteiger partial charge in [0, 0.05) is 0 Å². The van der Waals surface area contributed by atoms with E-state index in [0.29, 0.717) is 21.9 Å². The van der Waals surface area contributed by atoms with Crippen LogP contribution in [0.4, 0.5) is 11.4 Å². The summed E-state index contributed by atoms with van der Waals surface area (Å²) in [6, 6.07) is 13.7. The van der Waals surface area contributed by atoms with Crippen molar-refractivity contribution in [2.75, 3.05) is 23.7 Å². The zero-order chi connectivity index (χ0) is 16.7. The summed E-state index contributed by atoms with van der Waals surface area (Å²) in [6.07, 6.45) is 0. The Bertz CT molecular complexity index is 790. The molecule has 2 aliphatic rings. The van der Waals surface area contributed by atoms with Crippen molar-refractivity contribution in [2.24, 2.45) is 0 Å². The fourth-order valence-corrected chi connectivity index (χ4v) is 2.79. The Hall–Kier alpha value is -2.94. The van der Waals surface area contributed by atoms with E-state index in [0.717, 1.165) is 15.9 Å². The van der Waals surface area contributed by atoms with Crippen molar-refractivity contribution in [3.63, 3.8) is 0 Å². The van der Waals surface area contributed by atoms with Gasteiger partial charge in [-0.1, -0.05) is 24.3 Å².